The summed E-state index contributed by atoms with van der Waals surface area (Å²) in [5.74, 6) is -2.73. The number of carboxylic acids is 1. The summed E-state index contributed by atoms with van der Waals surface area (Å²) in [5.41, 5.74) is 4.70. The third-order valence-corrected chi connectivity index (χ3v) is 1.47. The van der Waals surface area contributed by atoms with Crippen LogP contribution in [-0.4, -0.2) is 30.7 Å². The smallest absolute Gasteiger partial charge is 0.548 e. The van der Waals surface area contributed by atoms with Crippen molar-refractivity contribution in [2.24, 2.45) is 5.73 Å². The summed E-state index contributed by atoms with van der Waals surface area (Å²) in [6, 6.07) is -1.67. The molecule has 0 saturated heterocycles. The Bertz CT molecular complexity index is 224. The van der Waals surface area contributed by atoms with E-state index in [1.807, 2.05) is 0 Å². The van der Waals surface area contributed by atoms with E-state index in [4.69, 9.17) is 10.3 Å². The number of carbonyl (C=O) groups excluding carboxylic acids is 1. The van der Waals surface area contributed by atoms with Crippen molar-refractivity contribution in [3.8, 4) is 0 Å². The minimum Gasteiger partial charge on any atom is -0.548 e. The largest absolute Gasteiger partial charge is 1.00 e. The first kappa shape index (κ1) is 13.5. The Labute approximate surface area is 75.7 Å². The summed E-state index contributed by atoms with van der Waals surface area (Å²) in [6.07, 6.45) is 0. The van der Waals surface area contributed by atoms with Gasteiger partial charge in [0.05, 0.1) is 17.8 Å². The SMILES string of the molecule is N[C@@H](CS(=O)(=O)O)C(=O)[O-].[Li+]. The third-order valence-electron chi connectivity index (χ3n) is 0.693. The molecule has 11 heavy (non-hydrogen) atoms. The number of nitrogens with two attached hydrogens (primary N) is 1. The van der Waals surface area contributed by atoms with Gasteiger partial charge in [-0.05, 0) is 0 Å². The topological polar surface area (TPSA) is 121 Å². The summed E-state index contributed by atoms with van der Waals surface area (Å²) < 4.78 is 27.9. The van der Waals surface area contributed by atoms with Gasteiger partial charge in [-0.25, -0.2) is 0 Å². The predicted molar refractivity (Wildman–Crippen MR) is 29.4 cm³/mol. The van der Waals surface area contributed by atoms with E-state index in [1.165, 1.54) is 0 Å². The minimum absolute atomic E-state index is 0. The molecule has 3 N–H and O–H groups in total. The molecule has 0 heterocycles. The van der Waals surface area contributed by atoms with Crippen LogP contribution in [0.2, 0.25) is 0 Å². The van der Waals surface area contributed by atoms with Crippen LogP contribution in [0.15, 0.2) is 0 Å². The standard InChI is InChI=1S/C3H7NO5S.Li/c4-2(3(5)6)1-10(7,8)9;/h2H,1,4H2,(H,5,6)(H,7,8,9);/q;+1/p-1/t2-;/m0./s1. The molecule has 0 amide bonds. The fourth-order valence-corrected chi connectivity index (χ4v) is 0.885. The maximum Gasteiger partial charge on any atom is 1.00 e. The van der Waals surface area contributed by atoms with Crippen molar-refractivity contribution < 1.29 is 41.7 Å². The average molecular weight is 175 g/mol. The van der Waals surface area contributed by atoms with Gasteiger partial charge in [-0.15, -0.1) is 0 Å². The quantitative estimate of drug-likeness (QED) is 0.325. The van der Waals surface area contributed by atoms with Crippen LogP contribution >= 0.6 is 0 Å². The second-order valence-corrected chi connectivity index (χ2v) is 3.17. The van der Waals surface area contributed by atoms with Crippen LogP contribution in [-0.2, 0) is 14.9 Å². The first-order chi connectivity index (χ1) is 4.33. The molecule has 0 aliphatic rings. The van der Waals surface area contributed by atoms with Crippen molar-refractivity contribution in [1.82, 2.24) is 0 Å². The number of hydrogen-bond donors (Lipinski definition) is 2. The molecule has 0 radical (unpaired) electrons. The summed E-state index contributed by atoms with van der Waals surface area (Å²) in [7, 11) is -4.31. The molecular weight excluding hydrogens is 169 g/mol. The summed E-state index contributed by atoms with van der Waals surface area (Å²) in [6.45, 7) is 0. The van der Waals surface area contributed by atoms with Crippen molar-refractivity contribution in [3.05, 3.63) is 0 Å². The van der Waals surface area contributed by atoms with Gasteiger partial charge in [0.15, 0.2) is 0 Å². The van der Waals surface area contributed by atoms with Crippen LogP contribution in [0, 0.1) is 0 Å². The van der Waals surface area contributed by atoms with Crippen LogP contribution in [0.1, 0.15) is 0 Å². The van der Waals surface area contributed by atoms with E-state index >= 15 is 0 Å². The molecule has 0 aromatic heterocycles. The zero-order chi connectivity index (χ0) is 8.36. The molecule has 0 aromatic rings. The molecule has 0 fully saturated rings. The Balaban J connectivity index is 0. The Hall–Kier alpha value is -0.0626. The molecule has 0 rings (SSSR count). The Morgan fingerprint density at radius 1 is 1.64 bits per heavy atom. The molecule has 0 bridgehead atoms. The molecule has 8 heteroatoms. The molecule has 0 spiro atoms. The zero-order valence-electron chi connectivity index (χ0n) is 5.85. The summed E-state index contributed by atoms with van der Waals surface area (Å²) >= 11 is 0. The summed E-state index contributed by atoms with van der Waals surface area (Å²) in [4.78, 5) is 9.77. The molecule has 0 saturated carbocycles. The fraction of sp³-hybridized carbons (Fsp3) is 0.667. The van der Waals surface area contributed by atoms with E-state index in [9.17, 15) is 18.3 Å². The van der Waals surface area contributed by atoms with Crippen molar-refractivity contribution in [3.63, 3.8) is 0 Å². The Morgan fingerprint density at radius 2 is 2.00 bits per heavy atom. The maximum absolute atomic E-state index is 9.93. The van der Waals surface area contributed by atoms with E-state index < -0.39 is 27.9 Å². The first-order valence-corrected chi connectivity index (χ1v) is 3.85. The van der Waals surface area contributed by atoms with Crippen molar-refractivity contribution in [2.75, 3.05) is 5.75 Å². The zero-order valence-corrected chi connectivity index (χ0v) is 6.67. The number of rotatable bonds is 3. The predicted octanol–water partition coefficient (Wildman–Crippen LogP) is -6.04. The van der Waals surface area contributed by atoms with Gasteiger partial charge in [-0.3, -0.25) is 4.55 Å². The third kappa shape index (κ3) is 7.84. The van der Waals surface area contributed by atoms with Gasteiger partial charge in [-0.1, -0.05) is 0 Å². The monoisotopic (exact) mass is 175 g/mol. The van der Waals surface area contributed by atoms with Crippen molar-refractivity contribution in [2.45, 2.75) is 6.04 Å². The average Bonchev–Trinajstić information content (AvgIpc) is 1.60. The maximum atomic E-state index is 9.93. The molecular formula is C3H6LiNO5S. The molecule has 60 valence electrons. The Kier molecular flexibility index (Phi) is 5.83. The molecule has 0 aliphatic carbocycles. The second-order valence-electron chi connectivity index (χ2n) is 1.67. The van der Waals surface area contributed by atoms with E-state index in [2.05, 4.69) is 0 Å². The molecule has 1 atom stereocenters. The van der Waals surface area contributed by atoms with Crippen molar-refractivity contribution in [1.29, 1.82) is 0 Å². The molecule has 6 nitrogen and oxygen atoms in total. The van der Waals surface area contributed by atoms with E-state index in [1.54, 1.807) is 0 Å². The van der Waals surface area contributed by atoms with Crippen LogP contribution in [0.3, 0.4) is 0 Å². The van der Waals surface area contributed by atoms with Gasteiger partial charge >= 0.3 is 18.9 Å². The molecule has 0 aliphatic heterocycles. The molecule has 0 aromatic carbocycles. The second kappa shape index (κ2) is 4.74. The number of carbonyl (C=O) groups is 1. The number of aliphatic carboxylic acids is 1. The van der Waals surface area contributed by atoms with Gasteiger partial charge in [0.1, 0.15) is 0 Å². The van der Waals surface area contributed by atoms with Crippen LogP contribution in [0.5, 0.6) is 0 Å². The van der Waals surface area contributed by atoms with Crippen molar-refractivity contribution >= 4 is 16.1 Å². The van der Waals surface area contributed by atoms with E-state index in [-0.39, 0.29) is 18.9 Å². The fourth-order valence-electron chi connectivity index (χ4n) is 0.295. The Morgan fingerprint density at radius 3 is 2.09 bits per heavy atom. The summed E-state index contributed by atoms with van der Waals surface area (Å²) in [5, 5.41) is 9.77. The van der Waals surface area contributed by atoms with Gasteiger partial charge in [0.2, 0.25) is 0 Å². The van der Waals surface area contributed by atoms with Gasteiger partial charge in [0, 0.05) is 0 Å². The normalized spacial score (nSPS) is 13.3. The van der Waals surface area contributed by atoms with Gasteiger partial charge in [0.25, 0.3) is 10.1 Å². The van der Waals surface area contributed by atoms with E-state index in [0.29, 0.717) is 0 Å². The minimum atomic E-state index is -4.31. The van der Waals surface area contributed by atoms with Gasteiger partial charge < -0.3 is 15.6 Å². The van der Waals surface area contributed by atoms with Crippen LogP contribution in [0.25, 0.3) is 0 Å². The first-order valence-electron chi connectivity index (χ1n) is 2.24. The van der Waals surface area contributed by atoms with Gasteiger partial charge in [-0.2, -0.15) is 8.42 Å². The van der Waals surface area contributed by atoms with E-state index in [0.717, 1.165) is 0 Å². The van der Waals surface area contributed by atoms with Crippen LogP contribution in [0.4, 0.5) is 0 Å². The molecule has 0 unspecified atom stereocenters. The number of hydrogen-bond acceptors (Lipinski definition) is 5. The van der Waals surface area contributed by atoms with Crippen LogP contribution < -0.4 is 29.7 Å². The number of carboxylic acid groups (broad SMARTS) is 1.